The highest BCUT2D eigenvalue weighted by Crippen LogP contribution is 2.35. The standard InChI is InChI=1S/C8H3BrFNO2S/c9-4-1-6(11(12)13)8-5(10)3-14-7(8)2-4/h1-3H. The lowest BCUT2D eigenvalue weighted by Gasteiger charge is -1.95. The molecule has 0 spiro atoms. The number of nitro benzene ring substituents is 1. The third-order valence-corrected chi connectivity index (χ3v) is 3.13. The monoisotopic (exact) mass is 275 g/mol. The van der Waals surface area contributed by atoms with Gasteiger partial charge in [-0.05, 0) is 6.07 Å². The summed E-state index contributed by atoms with van der Waals surface area (Å²) in [5, 5.41) is 12.0. The van der Waals surface area contributed by atoms with Crippen LogP contribution in [0.25, 0.3) is 10.1 Å². The van der Waals surface area contributed by atoms with Gasteiger partial charge >= 0.3 is 0 Å². The fourth-order valence-electron chi connectivity index (χ4n) is 1.22. The number of non-ortho nitro benzene ring substituents is 1. The van der Waals surface area contributed by atoms with Crippen LogP contribution >= 0.6 is 27.3 Å². The van der Waals surface area contributed by atoms with Crippen molar-refractivity contribution in [3.05, 3.63) is 37.9 Å². The summed E-state index contributed by atoms with van der Waals surface area (Å²) in [4.78, 5) is 10.1. The highest BCUT2D eigenvalue weighted by Gasteiger charge is 2.18. The smallest absolute Gasteiger partial charge is 0.258 e. The normalized spacial score (nSPS) is 10.7. The molecule has 1 aromatic heterocycles. The van der Waals surface area contributed by atoms with Crippen LogP contribution in [0.15, 0.2) is 22.0 Å². The van der Waals surface area contributed by atoms with Gasteiger partial charge in [-0.15, -0.1) is 11.3 Å². The van der Waals surface area contributed by atoms with Crippen molar-refractivity contribution in [1.82, 2.24) is 0 Å². The van der Waals surface area contributed by atoms with Crippen LogP contribution in [-0.4, -0.2) is 4.92 Å². The molecule has 0 saturated heterocycles. The molecule has 0 aliphatic carbocycles. The predicted octanol–water partition coefficient (Wildman–Crippen LogP) is 3.71. The van der Waals surface area contributed by atoms with Gasteiger partial charge in [-0.3, -0.25) is 10.1 Å². The molecule has 0 N–H and O–H groups in total. The van der Waals surface area contributed by atoms with E-state index in [0.717, 1.165) is 11.3 Å². The zero-order valence-corrected chi connectivity index (χ0v) is 9.06. The van der Waals surface area contributed by atoms with E-state index in [4.69, 9.17) is 0 Å². The van der Waals surface area contributed by atoms with Crippen LogP contribution in [0, 0.1) is 15.9 Å². The minimum atomic E-state index is -0.580. The quantitative estimate of drug-likeness (QED) is 0.588. The highest BCUT2D eigenvalue weighted by atomic mass is 79.9. The van der Waals surface area contributed by atoms with Crippen LogP contribution in [0.2, 0.25) is 0 Å². The molecule has 0 bridgehead atoms. The minimum Gasteiger partial charge on any atom is -0.258 e. The molecule has 6 heteroatoms. The summed E-state index contributed by atoms with van der Waals surface area (Å²) in [6, 6.07) is 2.97. The Morgan fingerprint density at radius 3 is 2.86 bits per heavy atom. The Morgan fingerprint density at radius 1 is 1.50 bits per heavy atom. The third kappa shape index (κ3) is 1.40. The number of hydrogen-bond donors (Lipinski definition) is 0. The summed E-state index contributed by atoms with van der Waals surface area (Å²) in [5.41, 5.74) is -0.201. The summed E-state index contributed by atoms with van der Waals surface area (Å²) >= 11 is 4.29. The lowest BCUT2D eigenvalue weighted by atomic mass is 10.2. The summed E-state index contributed by atoms with van der Waals surface area (Å²) in [6.45, 7) is 0. The fourth-order valence-corrected chi connectivity index (χ4v) is 2.68. The summed E-state index contributed by atoms with van der Waals surface area (Å²) < 4.78 is 14.3. The number of thiophene rings is 1. The molecule has 0 aliphatic heterocycles. The van der Waals surface area contributed by atoms with E-state index in [1.54, 1.807) is 6.07 Å². The van der Waals surface area contributed by atoms with Crippen molar-refractivity contribution < 1.29 is 9.31 Å². The van der Waals surface area contributed by atoms with Crippen LogP contribution in [0.4, 0.5) is 10.1 Å². The van der Waals surface area contributed by atoms with Gasteiger partial charge in [0.15, 0.2) is 0 Å². The lowest BCUT2D eigenvalue weighted by molar-refractivity contribution is -0.383. The second-order valence-corrected chi connectivity index (χ2v) is 4.47. The maximum atomic E-state index is 13.2. The van der Waals surface area contributed by atoms with Crippen LogP contribution < -0.4 is 0 Å². The molecule has 0 fully saturated rings. The molecular weight excluding hydrogens is 273 g/mol. The van der Waals surface area contributed by atoms with E-state index >= 15 is 0 Å². The summed E-state index contributed by atoms with van der Waals surface area (Å²) in [6.07, 6.45) is 0. The Morgan fingerprint density at radius 2 is 2.21 bits per heavy atom. The first-order valence-corrected chi connectivity index (χ1v) is 5.27. The highest BCUT2D eigenvalue weighted by molar-refractivity contribution is 9.10. The van der Waals surface area contributed by atoms with Gasteiger partial charge in [0.1, 0.15) is 11.2 Å². The predicted molar refractivity (Wildman–Crippen MR) is 56.1 cm³/mol. The zero-order valence-electron chi connectivity index (χ0n) is 6.66. The number of halogens is 2. The molecule has 3 nitrogen and oxygen atoms in total. The van der Waals surface area contributed by atoms with Gasteiger partial charge in [0.25, 0.3) is 5.69 Å². The van der Waals surface area contributed by atoms with Crippen molar-refractivity contribution in [2.45, 2.75) is 0 Å². The molecule has 0 atom stereocenters. The number of fused-ring (bicyclic) bond motifs is 1. The number of rotatable bonds is 1. The Balaban J connectivity index is 2.90. The van der Waals surface area contributed by atoms with Gasteiger partial charge in [-0.25, -0.2) is 4.39 Å². The molecule has 0 radical (unpaired) electrons. The summed E-state index contributed by atoms with van der Waals surface area (Å²) in [7, 11) is 0. The molecular formula is C8H3BrFNO2S. The number of hydrogen-bond acceptors (Lipinski definition) is 3. The van der Waals surface area contributed by atoms with E-state index in [1.165, 1.54) is 11.4 Å². The average Bonchev–Trinajstić information content (AvgIpc) is 2.46. The summed E-state index contributed by atoms with van der Waals surface area (Å²) in [5.74, 6) is -0.538. The average molecular weight is 276 g/mol. The largest absolute Gasteiger partial charge is 0.282 e. The van der Waals surface area contributed by atoms with Crippen LogP contribution in [0.3, 0.4) is 0 Å². The molecule has 0 saturated carbocycles. The number of benzene rings is 1. The molecule has 1 aromatic carbocycles. The van der Waals surface area contributed by atoms with Crippen molar-refractivity contribution in [2.75, 3.05) is 0 Å². The Labute approximate surface area is 90.4 Å². The molecule has 2 rings (SSSR count). The van der Waals surface area contributed by atoms with Gasteiger partial charge in [0, 0.05) is 20.6 Å². The first-order chi connectivity index (χ1) is 6.59. The minimum absolute atomic E-state index is 0.0863. The molecule has 2 aromatic rings. The maximum absolute atomic E-state index is 13.2. The van der Waals surface area contributed by atoms with E-state index in [-0.39, 0.29) is 11.1 Å². The second-order valence-electron chi connectivity index (χ2n) is 2.64. The van der Waals surface area contributed by atoms with Crippen molar-refractivity contribution in [3.8, 4) is 0 Å². The molecule has 14 heavy (non-hydrogen) atoms. The van der Waals surface area contributed by atoms with E-state index < -0.39 is 10.7 Å². The third-order valence-electron chi connectivity index (χ3n) is 1.77. The lowest BCUT2D eigenvalue weighted by Crippen LogP contribution is -1.89. The van der Waals surface area contributed by atoms with Crippen LogP contribution in [0.1, 0.15) is 0 Å². The van der Waals surface area contributed by atoms with Crippen LogP contribution in [-0.2, 0) is 0 Å². The molecule has 0 unspecified atom stereocenters. The van der Waals surface area contributed by atoms with Crippen LogP contribution in [0.5, 0.6) is 0 Å². The molecule has 72 valence electrons. The SMILES string of the molecule is O=[N+]([O-])c1cc(Br)cc2scc(F)c12. The van der Waals surface area contributed by atoms with Crippen molar-refractivity contribution in [1.29, 1.82) is 0 Å². The maximum Gasteiger partial charge on any atom is 0.282 e. The Kier molecular flexibility index (Phi) is 2.24. The van der Waals surface area contributed by atoms with Gasteiger partial charge < -0.3 is 0 Å². The van der Waals surface area contributed by atoms with E-state index in [2.05, 4.69) is 15.9 Å². The Bertz CT molecular complexity index is 525. The first-order valence-electron chi connectivity index (χ1n) is 3.60. The second kappa shape index (κ2) is 3.29. The number of nitrogens with zero attached hydrogens (tertiary/aromatic N) is 1. The first kappa shape index (κ1) is 9.54. The van der Waals surface area contributed by atoms with E-state index in [1.807, 2.05) is 0 Å². The molecule has 0 aliphatic rings. The molecule has 1 heterocycles. The van der Waals surface area contributed by atoms with Gasteiger partial charge in [-0.1, -0.05) is 15.9 Å². The van der Waals surface area contributed by atoms with Crippen molar-refractivity contribution in [2.24, 2.45) is 0 Å². The Hall–Kier alpha value is -1.01. The fraction of sp³-hybridized carbons (Fsp3) is 0. The van der Waals surface area contributed by atoms with Gasteiger partial charge in [-0.2, -0.15) is 0 Å². The molecule has 0 amide bonds. The van der Waals surface area contributed by atoms with Crippen molar-refractivity contribution >= 4 is 43.0 Å². The van der Waals surface area contributed by atoms with E-state index in [9.17, 15) is 14.5 Å². The van der Waals surface area contributed by atoms with Gasteiger partial charge in [0.2, 0.25) is 0 Å². The zero-order chi connectivity index (χ0) is 10.3. The van der Waals surface area contributed by atoms with Crippen molar-refractivity contribution in [3.63, 3.8) is 0 Å². The van der Waals surface area contributed by atoms with E-state index in [0.29, 0.717) is 9.17 Å². The van der Waals surface area contributed by atoms with Gasteiger partial charge in [0.05, 0.1) is 4.92 Å². The topological polar surface area (TPSA) is 43.1 Å². The number of nitro groups is 1.